The van der Waals surface area contributed by atoms with Gasteiger partial charge in [-0.25, -0.2) is 0 Å². The summed E-state index contributed by atoms with van der Waals surface area (Å²) < 4.78 is 0. The van der Waals surface area contributed by atoms with Crippen molar-refractivity contribution in [2.24, 2.45) is 5.73 Å². The number of imide groups is 1. The number of rotatable bonds is 4. The largest absolute Gasteiger partial charge is 0.349 e. The molecule has 0 bridgehead atoms. The smallest absolute Gasteiger partial charge is 0.261 e. The molecule has 0 radical (unpaired) electrons. The summed E-state index contributed by atoms with van der Waals surface area (Å²) in [4.78, 5) is 43.1. The first-order chi connectivity index (χ1) is 13.5. The molecule has 4 rings (SSSR count). The number of carbonyl (C=O) groups is 3. The van der Waals surface area contributed by atoms with Crippen molar-refractivity contribution < 1.29 is 14.4 Å². The van der Waals surface area contributed by atoms with Crippen molar-refractivity contribution in [2.45, 2.75) is 44.3 Å². The van der Waals surface area contributed by atoms with Gasteiger partial charge in [-0.2, -0.15) is 0 Å². The number of fused-ring (bicyclic) bond motifs is 1. The van der Waals surface area contributed by atoms with Crippen LogP contribution in [0.4, 0.5) is 0 Å². The summed E-state index contributed by atoms with van der Waals surface area (Å²) in [5.41, 5.74) is 7.72. The third-order valence-electron chi connectivity index (χ3n) is 5.43. The Morgan fingerprint density at radius 2 is 1.71 bits per heavy atom. The van der Waals surface area contributed by atoms with Crippen molar-refractivity contribution >= 4 is 17.7 Å². The lowest BCUT2D eigenvalue weighted by atomic mass is 9.91. The van der Waals surface area contributed by atoms with Gasteiger partial charge in [-0.05, 0) is 61.6 Å². The molecule has 1 saturated carbocycles. The van der Waals surface area contributed by atoms with E-state index in [4.69, 9.17) is 5.73 Å². The van der Waals surface area contributed by atoms with E-state index in [1.807, 2.05) is 0 Å². The minimum atomic E-state index is -0.380. The van der Waals surface area contributed by atoms with Crippen LogP contribution in [0.25, 0.3) is 0 Å². The molecule has 3 amide bonds. The van der Waals surface area contributed by atoms with Crippen molar-refractivity contribution in [2.75, 3.05) is 0 Å². The molecule has 1 aromatic carbocycles. The van der Waals surface area contributed by atoms with Crippen molar-refractivity contribution in [3.05, 3.63) is 65.0 Å². The zero-order valence-electron chi connectivity index (χ0n) is 15.4. The highest BCUT2D eigenvalue weighted by molar-refractivity contribution is 6.22. The van der Waals surface area contributed by atoms with Crippen LogP contribution in [0.5, 0.6) is 0 Å². The van der Waals surface area contributed by atoms with E-state index in [0.29, 0.717) is 11.1 Å². The third-order valence-corrected chi connectivity index (χ3v) is 5.43. The second-order valence-electron chi connectivity index (χ2n) is 7.40. The Kier molecular flexibility index (Phi) is 4.92. The Bertz CT molecular complexity index is 921. The fourth-order valence-corrected chi connectivity index (χ4v) is 3.78. The van der Waals surface area contributed by atoms with Gasteiger partial charge in [-0.1, -0.05) is 0 Å². The summed E-state index contributed by atoms with van der Waals surface area (Å²) >= 11 is 0. The van der Waals surface area contributed by atoms with Gasteiger partial charge in [0.05, 0.1) is 17.7 Å². The number of amides is 3. The van der Waals surface area contributed by atoms with Gasteiger partial charge in [-0.3, -0.25) is 24.3 Å². The maximum absolute atomic E-state index is 12.8. The molecule has 0 unspecified atom stereocenters. The molecule has 2 heterocycles. The van der Waals surface area contributed by atoms with Crippen LogP contribution in [0.3, 0.4) is 0 Å². The molecule has 2 aromatic rings. The Morgan fingerprint density at radius 3 is 2.43 bits per heavy atom. The average molecular weight is 378 g/mol. The van der Waals surface area contributed by atoms with Crippen LogP contribution in [0.2, 0.25) is 0 Å². The number of nitrogens with two attached hydrogens (primary N) is 1. The molecule has 0 atom stereocenters. The summed E-state index contributed by atoms with van der Waals surface area (Å²) in [6, 6.07) is 8.52. The summed E-state index contributed by atoms with van der Waals surface area (Å²) in [6.07, 6.45) is 6.74. The third kappa shape index (κ3) is 3.53. The number of hydrogen-bond acceptors (Lipinski definition) is 5. The molecular weight excluding hydrogens is 356 g/mol. The summed E-state index contributed by atoms with van der Waals surface area (Å²) in [7, 11) is 0. The van der Waals surface area contributed by atoms with E-state index >= 15 is 0 Å². The van der Waals surface area contributed by atoms with Gasteiger partial charge >= 0.3 is 0 Å². The molecule has 1 fully saturated rings. The zero-order chi connectivity index (χ0) is 19.7. The van der Waals surface area contributed by atoms with Crippen LogP contribution in [0.15, 0.2) is 42.7 Å². The van der Waals surface area contributed by atoms with Crippen molar-refractivity contribution in [3.8, 4) is 0 Å². The number of carbonyl (C=O) groups excluding carboxylic acids is 3. The molecule has 1 aliphatic carbocycles. The molecule has 1 aromatic heterocycles. The number of benzene rings is 1. The van der Waals surface area contributed by atoms with Gasteiger partial charge < -0.3 is 11.1 Å². The normalized spacial score (nSPS) is 21.5. The minimum Gasteiger partial charge on any atom is -0.349 e. The van der Waals surface area contributed by atoms with Crippen LogP contribution in [-0.4, -0.2) is 39.7 Å². The summed E-state index contributed by atoms with van der Waals surface area (Å²) in [5.74, 6) is -0.948. The Morgan fingerprint density at radius 1 is 1.04 bits per heavy atom. The van der Waals surface area contributed by atoms with Gasteiger partial charge in [0.1, 0.15) is 0 Å². The van der Waals surface area contributed by atoms with E-state index in [1.165, 1.54) is 11.0 Å². The molecule has 7 nitrogen and oxygen atoms in total. The molecule has 144 valence electrons. The first-order valence-electron chi connectivity index (χ1n) is 9.48. The lowest BCUT2D eigenvalue weighted by Crippen LogP contribution is -2.40. The topological polar surface area (TPSA) is 105 Å². The van der Waals surface area contributed by atoms with Gasteiger partial charge in [0, 0.05) is 30.0 Å². The lowest BCUT2D eigenvalue weighted by Gasteiger charge is -2.26. The van der Waals surface area contributed by atoms with Crippen molar-refractivity contribution in [3.63, 3.8) is 0 Å². The predicted octanol–water partition coefficient (Wildman–Crippen LogP) is 1.88. The highest BCUT2D eigenvalue weighted by Gasteiger charge is 2.36. The molecule has 2 aliphatic rings. The number of aromatic nitrogens is 1. The first-order valence-corrected chi connectivity index (χ1v) is 9.48. The highest BCUT2D eigenvalue weighted by atomic mass is 16.2. The van der Waals surface area contributed by atoms with E-state index in [1.54, 1.807) is 36.7 Å². The second-order valence-corrected chi connectivity index (χ2v) is 7.40. The molecule has 3 N–H and O–H groups in total. The summed E-state index contributed by atoms with van der Waals surface area (Å²) in [6.45, 7) is 0.179. The Labute approximate surface area is 162 Å². The average Bonchev–Trinajstić information content (AvgIpc) is 2.95. The maximum atomic E-state index is 12.8. The minimum absolute atomic E-state index is 0.0982. The van der Waals surface area contributed by atoms with Gasteiger partial charge in [0.2, 0.25) is 0 Å². The molecule has 0 saturated heterocycles. The first kappa shape index (κ1) is 18.3. The van der Waals surface area contributed by atoms with Gasteiger partial charge in [0.15, 0.2) is 0 Å². The SMILES string of the molecule is NC1CCC(NC(=O)c2ccc3c(c2)C(=O)N(Cc2ccncc2)C3=O)CC1. The van der Waals surface area contributed by atoms with Crippen LogP contribution in [0, 0.1) is 0 Å². The van der Waals surface area contributed by atoms with Crippen LogP contribution in [-0.2, 0) is 6.54 Å². The molecule has 1 aliphatic heterocycles. The van der Waals surface area contributed by atoms with Gasteiger partial charge in [0.25, 0.3) is 17.7 Å². The zero-order valence-corrected chi connectivity index (χ0v) is 15.4. The highest BCUT2D eigenvalue weighted by Crippen LogP contribution is 2.26. The van der Waals surface area contributed by atoms with Crippen molar-refractivity contribution in [1.82, 2.24) is 15.2 Å². The van der Waals surface area contributed by atoms with Gasteiger partial charge in [-0.15, -0.1) is 0 Å². The number of nitrogens with zero attached hydrogens (tertiary/aromatic N) is 2. The van der Waals surface area contributed by atoms with Crippen LogP contribution < -0.4 is 11.1 Å². The predicted molar refractivity (Wildman–Crippen MR) is 103 cm³/mol. The lowest BCUT2D eigenvalue weighted by molar-refractivity contribution is 0.0642. The fraction of sp³-hybridized carbons (Fsp3) is 0.333. The molecule has 7 heteroatoms. The summed E-state index contributed by atoms with van der Waals surface area (Å²) in [5, 5.41) is 3.01. The Balaban J connectivity index is 1.49. The van der Waals surface area contributed by atoms with E-state index in [9.17, 15) is 14.4 Å². The standard InChI is InChI=1S/C21H22N4O3/c22-15-2-4-16(5-3-15)24-19(26)14-1-6-17-18(11-14)21(28)25(20(17)27)12-13-7-9-23-10-8-13/h1,6-11,15-16H,2-5,12,22H2,(H,24,26). The van der Waals surface area contributed by atoms with Crippen LogP contribution in [0.1, 0.15) is 62.3 Å². The van der Waals surface area contributed by atoms with E-state index in [2.05, 4.69) is 10.3 Å². The monoisotopic (exact) mass is 378 g/mol. The maximum Gasteiger partial charge on any atom is 0.261 e. The second kappa shape index (κ2) is 7.52. The fourth-order valence-electron chi connectivity index (χ4n) is 3.78. The number of pyridine rings is 1. The Hall–Kier alpha value is -3.06. The molecule has 0 spiro atoms. The van der Waals surface area contributed by atoms with Crippen LogP contribution >= 0.6 is 0 Å². The number of hydrogen-bond donors (Lipinski definition) is 2. The molecule has 28 heavy (non-hydrogen) atoms. The number of nitrogens with one attached hydrogen (secondary N) is 1. The molecular formula is C21H22N4O3. The van der Waals surface area contributed by atoms with E-state index < -0.39 is 0 Å². The van der Waals surface area contributed by atoms with Crippen molar-refractivity contribution in [1.29, 1.82) is 0 Å². The quantitative estimate of drug-likeness (QED) is 0.790. The van der Waals surface area contributed by atoms with E-state index in [0.717, 1.165) is 31.2 Å². The van der Waals surface area contributed by atoms with E-state index in [-0.39, 0.29) is 41.9 Å².